The van der Waals surface area contributed by atoms with E-state index in [2.05, 4.69) is 20.3 Å². The van der Waals surface area contributed by atoms with Gasteiger partial charge in [-0.3, -0.25) is 0 Å². The molecule has 0 radical (unpaired) electrons. The number of hydrogen-bond donors (Lipinski definition) is 2. The SMILES string of the molecule is COc1ccc2[nH]c(-c3cccc4c3OCCN4)nc2n1. The molecule has 2 aromatic heterocycles. The van der Waals surface area contributed by atoms with E-state index in [1.54, 1.807) is 7.11 Å². The summed E-state index contributed by atoms with van der Waals surface area (Å²) in [6, 6.07) is 9.69. The van der Waals surface area contributed by atoms with Crippen LogP contribution in [0.25, 0.3) is 22.6 Å². The predicted octanol–water partition coefficient (Wildman–Crippen LogP) is 2.44. The average Bonchev–Trinajstić information content (AvgIpc) is 2.97. The third-order valence-electron chi connectivity index (χ3n) is 3.46. The highest BCUT2D eigenvalue weighted by Crippen LogP contribution is 2.37. The molecule has 0 saturated carbocycles. The fraction of sp³-hybridized carbons (Fsp3) is 0.200. The van der Waals surface area contributed by atoms with E-state index in [-0.39, 0.29) is 0 Å². The van der Waals surface area contributed by atoms with Crippen molar-refractivity contribution in [3.63, 3.8) is 0 Å². The summed E-state index contributed by atoms with van der Waals surface area (Å²) in [5.74, 6) is 2.12. The Kier molecular flexibility index (Phi) is 2.67. The molecule has 3 heterocycles. The van der Waals surface area contributed by atoms with Crippen molar-refractivity contribution in [1.29, 1.82) is 0 Å². The van der Waals surface area contributed by atoms with Gasteiger partial charge in [-0.25, -0.2) is 4.98 Å². The fourth-order valence-electron chi connectivity index (χ4n) is 2.47. The first-order valence-corrected chi connectivity index (χ1v) is 6.76. The van der Waals surface area contributed by atoms with Gasteiger partial charge in [0, 0.05) is 12.6 Å². The Bertz CT molecular complexity index is 813. The molecule has 21 heavy (non-hydrogen) atoms. The Labute approximate surface area is 121 Å². The first-order valence-electron chi connectivity index (χ1n) is 6.76. The summed E-state index contributed by atoms with van der Waals surface area (Å²) < 4.78 is 10.9. The number of aromatic nitrogens is 3. The number of H-pyrrole nitrogens is 1. The number of fused-ring (bicyclic) bond motifs is 2. The zero-order valence-electron chi connectivity index (χ0n) is 11.5. The summed E-state index contributed by atoms with van der Waals surface area (Å²) in [7, 11) is 1.59. The standard InChI is InChI=1S/C15H14N4O2/c1-20-12-6-5-11-15(18-12)19-14(17-11)9-3-2-4-10-13(9)21-8-7-16-10/h2-6,16H,7-8H2,1H3,(H,17,18,19). The predicted molar refractivity (Wildman–Crippen MR) is 79.9 cm³/mol. The second-order valence-electron chi connectivity index (χ2n) is 4.77. The number of nitrogens with one attached hydrogen (secondary N) is 2. The number of aromatic amines is 1. The second-order valence-corrected chi connectivity index (χ2v) is 4.77. The second kappa shape index (κ2) is 4.66. The summed E-state index contributed by atoms with van der Waals surface area (Å²) in [4.78, 5) is 12.2. The van der Waals surface area contributed by atoms with E-state index in [9.17, 15) is 0 Å². The van der Waals surface area contributed by atoms with Crippen molar-refractivity contribution < 1.29 is 9.47 Å². The molecular weight excluding hydrogens is 268 g/mol. The van der Waals surface area contributed by atoms with E-state index < -0.39 is 0 Å². The number of para-hydroxylation sites is 1. The Hall–Kier alpha value is -2.76. The Morgan fingerprint density at radius 2 is 2.14 bits per heavy atom. The van der Waals surface area contributed by atoms with Gasteiger partial charge < -0.3 is 19.8 Å². The van der Waals surface area contributed by atoms with Crippen LogP contribution in [0.1, 0.15) is 0 Å². The number of imidazole rings is 1. The maximum absolute atomic E-state index is 5.78. The van der Waals surface area contributed by atoms with Gasteiger partial charge in [0.05, 0.1) is 23.9 Å². The molecule has 4 rings (SSSR count). The summed E-state index contributed by atoms with van der Waals surface area (Å²) in [6.45, 7) is 1.46. The molecule has 0 spiro atoms. The van der Waals surface area contributed by atoms with Crippen LogP contribution < -0.4 is 14.8 Å². The van der Waals surface area contributed by atoms with Crippen LogP contribution in [0.2, 0.25) is 0 Å². The minimum absolute atomic E-state index is 0.550. The lowest BCUT2D eigenvalue weighted by Crippen LogP contribution is -2.18. The number of pyridine rings is 1. The lowest BCUT2D eigenvalue weighted by atomic mass is 10.1. The molecule has 0 atom stereocenters. The van der Waals surface area contributed by atoms with Crippen molar-refractivity contribution >= 4 is 16.9 Å². The van der Waals surface area contributed by atoms with Crippen molar-refractivity contribution in [2.75, 3.05) is 25.6 Å². The molecule has 0 amide bonds. The van der Waals surface area contributed by atoms with Crippen molar-refractivity contribution in [3.05, 3.63) is 30.3 Å². The number of nitrogens with zero attached hydrogens (tertiary/aromatic N) is 2. The zero-order valence-corrected chi connectivity index (χ0v) is 11.5. The lowest BCUT2D eigenvalue weighted by molar-refractivity contribution is 0.324. The molecule has 6 nitrogen and oxygen atoms in total. The van der Waals surface area contributed by atoms with Gasteiger partial charge in [0.25, 0.3) is 0 Å². The molecule has 1 aromatic carbocycles. The van der Waals surface area contributed by atoms with Crippen LogP contribution in [-0.2, 0) is 0 Å². The van der Waals surface area contributed by atoms with Gasteiger partial charge in [-0.05, 0) is 18.2 Å². The Balaban J connectivity index is 1.86. The molecule has 0 saturated heterocycles. The van der Waals surface area contributed by atoms with Crippen LogP contribution >= 0.6 is 0 Å². The van der Waals surface area contributed by atoms with E-state index >= 15 is 0 Å². The Morgan fingerprint density at radius 1 is 1.19 bits per heavy atom. The van der Waals surface area contributed by atoms with Crippen LogP contribution in [0.5, 0.6) is 11.6 Å². The first-order chi connectivity index (χ1) is 10.3. The number of ether oxygens (including phenoxy) is 2. The number of methoxy groups -OCH3 is 1. The molecule has 6 heteroatoms. The quantitative estimate of drug-likeness (QED) is 0.755. The maximum atomic E-state index is 5.78. The minimum Gasteiger partial charge on any atom is -0.489 e. The highest BCUT2D eigenvalue weighted by molar-refractivity contribution is 5.81. The number of anilines is 1. The number of rotatable bonds is 2. The van der Waals surface area contributed by atoms with E-state index in [1.807, 2.05) is 30.3 Å². The van der Waals surface area contributed by atoms with Gasteiger partial charge in [0.1, 0.15) is 12.4 Å². The van der Waals surface area contributed by atoms with E-state index in [0.29, 0.717) is 18.1 Å². The molecule has 0 bridgehead atoms. The minimum atomic E-state index is 0.550. The van der Waals surface area contributed by atoms with Gasteiger partial charge in [0.15, 0.2) is 11.4 Å². The van der Waals surface area contributed by atoms with Crippen molar-refractivity contribution in [3.8, 4) is 23.0 Å². The van der Waals surface area contributed by atoms with Crippen LogP contribution in [0, 0.1) is 0 Å². The highest BCUT2D eigenvalue weighted by Gasteiger charge is 2.17. The summed E-state index contributed by atoms with van der Waals surface area (Å²) in [6.07, 6.45) is 0. The van der Waals surface area contributed by atoms with E-state index in [0.717, 1.165) is 34.9 Å². The highest BCUT2D eigenvalue weighted by atomic mass is 16.5. The summed E-state index contributed by atoms with van der Waals surface area (Å²) in [5, 5.41) is 3.32. The van der Waals surface area contributed by atoms with Crippen molar-refractivity contribution in [2.24, 2.45) is 0 Å². The molecule has 3 aromatic rings. The summed E-state index contributed by atoms with van der Waals surface area (Å²) >= 11 is 0. The Morgan fingerprint density at radius 3 is 3.05 bits per heavy atom. The normalized spacial score (nSPS) is 13.4. The lowest BCUT2D eigenvalue weighted by Gasteiger charge is -2.20. The van der Waals surface area contributed by atoms with E-state index in [1.165, 1.54) is 0 Å². The molecular formula is C15H14N4O2. The van der Waals surface area contributed by atoms with E-state index in [4.69, 9.17) is 9.47 Å². The average molecular weight is 282 g/mol. The molecule has 106 valence electrons. The maximum Gasteiger partial charge on any atom is 0.215 e. The molecule has 1 aliphatic heterocycles. The van der Waals surface area contributed by atoms with Gasteiger partial charge in [-0.2, -0.15) is 4.98 Å². The van der Waals surface area contributed by atoms with Gasteiger partial charge in [-0.15, -0.1) is 0 Å². The van der Waals surface area contributed by atoms with Crippen LogP contribution in [0.3, 0.4) is 0 Å². The van der Waals surface area contributed by atoms with Gasteiger partial charge in [-0.1, -0.05) is 6.07 Å². The fourth-order valence-corrected chi connectivity index (χ4v) is 2.47. The smallest absolute Gasteiger partial charge is 0.215 e. The van der Waals surface area contributed by atoms with Crippen molar-refractivity contribution in [2.45, 2.75) is 0 Å². The zero-order chi connectivity index (χ0) is 14.2. The van der Waals surface area contributed by atoms with Crippen LogP contribution in [0.4, 0.5) is 5.69 Å². The van der Waals surface area contributed by atoms with Crippen molar-refractivity contribution in [1.82, 2.24) is 15.0 Å². The number of benzene rings is 1. The molecule has 0 fully saturated rings. The topological polar surface area (TPSA) is 72.1 Å². The number of hydrogen-bond acceptors (Lipinski definition) is 5. The van der Waals surface area contributed by atoms with Crippen LogP contribution in [0.15, 0.2) is 30.3 Å². The molecule has 2 N–H and O–H groups in total. The van der Waals surface area contributed by atoms with Crippen LogP contribution in [-0.4, -0.2) is 35.2 Å². The van der Waals surface area contributed by atoms with Gasteiger partial charge in [0.2, 0.25) is 5.88 Å². The summed E-state index contributed by atoms with van der Waals surface area (Å²) in [5.41, 5.74) is 3.42. The monoisotopic (exact) mass is 282 g/mol. The molecule has 1 aliphatic rings. The first kappa shape index (κ1) is 12.0. The van der Waals surface area contributed by atoms with Gasteiger partial charge >= 0.3 is 0 Å². The largest absolute Gasteiger partial charge is 0.489 e. The third-order valence-corrected chi connectivity index (χ3v) is 3.46. The molecule has 0 aliphatic carbocycles. The third kappa shape index (κ3) is 1.96. The molecule has 0 unspecified atom stereocenters.